The average molecular weight is 356 g/mol. The fourth-order valence-corrected chi connectivity index (χ4v) is 4.95. The normalized spacial score (nSPS) is 11.5. The van der Waals surface area contributed by atoms with Crippen LogP contribution in [0.4, 0.5) is 0 Å². The van der Waals surface area contributed by atoms with E-state index in [-0.39, 0.29) is 19.5 Å². The number of hydrogen-bond donors (Lipinski definition) is 0. The van der Waals surface area contributed by atoms with E-state index in [9.17, 15) is 8.42 Å². The summed E-state index contributed by atoms with van der Waals surface area (Å²) in [6.45, 7) is 7.99. The van der Waals surface area contributed by atoms with Crippen LogP contribution in [0.25, 0.3) is 0 Å². The second kappa shape index (κ2) is 7.81. The van der Waals surface area contributed by atoms with E-state index in [0.29, 0.717) is 4.90 Å². The zero-order valence-corrected chi connectivity index (χ0v) is 16.0. The molecule has 0 unspecified atom stereocenters. The Kier molecular flexibility index (Phi) is 5.99. The Hall–Kier alpha value is -2.16. The molecule has 0 aliphatic carbocycles. The lowest BCUT2D eigenvalue weighted by Crippen LogP contribution is -2.32. The van der Waals surface area contributed by atoms with Crippen molar-refractivity contribution in [3.8, 4) is 6.07 Å². The smallest absolute Gasteiger partial charge is 0.207 e. The molecule has 0 saturated carbocycles. The summed E-state index contributed by atoms with van der Waals surface area (Å²) in [4.78, 5) is 0.374. The highest BCUT2D eigenvalue weighted by Crippen LogP contribution is 2.29. The molecule has 132 valence electrons. The molecule has 0 bridgehead atoms. The van der Waals surface area contributed by atoms with Crippen LogP contribution in [-0.2, 0) is 16.6 Å². The summed E-state index contributed by atoms with van der Waals surface area (Å²) in [5.74, 6) is 0. The van der Waals surface area contributed by atoms with Gasteiger partial charge in [-0.1, -0.05) is 36.4 Å². The highest BCUT2D eigenvalue weighted by atomic mass is 32.2. The summed E-state index contributed by atoms with van der Waals surface area (Å²) in [7, 11) is -3.70. The minimum Gasteiger partial charge on any atom is -0.207 e. The van der Waals surface area contributed by atoms with Crippen molar-refractivity contribution in [3.63, 3.8) is 0 Å². The molecular weight excluding hydrogens is 332 g/mol. The predicted molar refractivity (Wildman–Crippen MR) is 99.7 cm³/mol. The number of nitriles is 1. The Morgan fingerprint density at radius 2 is 1.56 bits per heavy atom. The molecule has 5 heteroatoms. The van der Waals surface area contributed by atoms with Crippen LogP contribution in [0, 0.1) is 39.0 Å². The Morgan fingerprint density at radius 1 is 1.00 bits per heavy atom. The van der Waals surface area contributed by atoms with Gasteiger partial charge in [-0.25, -0.2) is 8.42 Å². The second-order valence-electron chi connectivity index (χ2n) is 6.32. The van der Waals surface area contributed by atoms with Gasteiger partial charge >= 0.3 is 0 Å². The van der Waals surface area contributed by atoms with Crippen molar-refractivity contribution >= 4 is 10.0 Å². The van der Waals surface area contributed by atoms with Gasteiger partial charge in [-0.3, -0.25) is 0 Å². The van der Waals surface area contributed by atoms with Crippen molar-refractivity contribution in [2.75, 3.05) is 6.54 Å². The summed E-state index contributed by atoms with van der Waals surface area (Å²) in [6, 6.07) is 13.5. The molecule has 0 aliphatic heterocycles. The topological polar surface area (TPSA) is 61.2 Å². The van der Waals surface area contributed by atoms with Gasteiger partial charge in [0.1, 0.15) is 0 Å². The molecule has 0 radical (unpaired) electrons. The summed E-state index contributed by atoms with van der Waals surface area (Å²) in [5, 5.41) is 8.94. The molecule has 25 heavy (non-hydrogen) atoms. The molecule has 0 saturated heterocycles. The highest BCUT2D eigenvalue weighted by molar-refractivity contribution is 7.89. The third kappa shape index (κ3) is 4.09. The molecule has 0 amide bonds. The molecule has 0 aliphatic rings. The number of benzene rings is 2. The summed E-state index contributed by atoms with van der Waals surface area (Å²) >= 11 is 0. The first-order chi connectivity index (χ1) is 11.8. The Balaban J connectivity index is 2.54. The van der Waals surface area contributed by atoms with Gasteiger partial charge in [-0.2, -0.15) is 9.57 Å². The minimum absolute atomic E-state index is 0.162. The van der Waals surface area contributed by atoms with E-state index >= 15 is 0 Å². The third-order valence-corrected chi connectivity index (χ3v) is 6.69. The van der Waals surface area contributed by atoms with E-state index in [2.05, 4.69) is 6.07 Å². The summed E-state index contributed by atoms with van der Waals surface area (Å²) in [6.07, 6.45) is 0.162. The maximum atomic E-state index is 13.4. The molecule has 0 aromatic heterocycles. The lowest BCUT2D eigenvalue weighted by Gasteiger charge is -2.25. The Labute approximate surface area is 150 Å². The van der Waals surface area contributed by atoms with Crippen LogP contribution < -0.4 is 0 Å². The summed E-state index contributed by atoms with van der Waals surface area (Å²) in [5.41, 5.74) is 4.38. The fourth-order valence-electron chi connectivity index (χ4n) is 2.94. The van der Waals surface area contributed by atoms with Crippen molar-refractivity contribution in [3.05, 3.63) is 64.2 Å². The SMILES string of the molecule is Cc1cc(C)c(C)c(S(=O)(=O)N(CCC#N)Cc2ccccc2)c1C. The van der Waals surface area contributed by atoms with Crippen molar-refractivity contribution in [2.24, 2.45) is 0 Å². The van der Waals surface area contributed by atoms with Crippen LogP contribution in [0.2, 0.25) is 0 Å². The maximum Gasteiger partial charge on any atom is 0.243 e. The number of nitrogens with zero attached hydrogens (tertiary/aromatic N) is 2. The maximum absolute atomic E-state index is 13.4. The predicted octanol–water partition coefficient (Wildman–Crippen LogP) is 4.02. The van der Waals surface area contributed by atoms with Gasteiger partial charge in [0.2, 0.25) is 10.0 Å². The van der Waals surface area contributed by atoms with Crippen LogP contribution in [0.15, 0.2) is 41.3 Å². The molecule has 0 fully saturated rings. The highest BCUT2D eigenvalue weighted by Gasteiger charge is 2.29. The van der Waals surface area contributed by atoms with Crippen LogP contribution in [-0.4, -0.2) is 19.3 Å². The van der Waals surface area contributed by atoms with Crippen molar-refractivity contribution in [1.82, 2.24) is 4.31 Å². The van der Waals surface area contributed by atoms with Gasteiger partial charge < -0.3 is 0 Å². The first-order valence-corrected chi connectivity index (χ1v) is 9.71. The van der Waals surface area contributed by atoms with Crippen LogP contribution in [0.5, 0.6) is 0 Å². The molecule has 2 aromatic carbocycles. The molecule has 0 spiro atoms. The van der Waals surface area contributed by atoms with Gasteiger partial charge in [-0.05, 0) is 55.5 Å². The average Bonchev–Trinajstić information content (AvgIpc) is 2.57. The molecular formula is C20H24N2O2S. The number of hydrogen-bond acceptors (Lipinski definition) is 3. The lowest BCUT2D eigenvalue weighted by molar-refractivity contribution is 0.412. The second-order valence-corrected chi connectivity index (χ2v) is 8.20. The summed E-state index contributed by atoms with van der Waals surface area (Å²) < 4.78 is 28.2. The number of rotatable bonds is 6. The quantitative estimate of drug-likeness (QED) is 0.785. The van der Waals surface area contributed by atoms with E-state index < -0.39 is 10.0 Å². The zero-order valence-electron chi connectivity index (χ0n) is 15.2. The van der Waals surface area contributed by atoms with Crippen LogP contribution >= 0.6 is 0 Å². The van der Waals surface area contributed by atoms with Gasteiger partial charge in [0.15, 0.2) is 0 Å². The van der Waals surface area contributed by atoms with E-state index in [1.165, 1.54) is 4.31 Å². The molecule has 0 atom stereocenters. The number of sulfonamides is 1. The first-order valence-electron chi connectivity index (χ1n) is 8.27. The van der Waals surface area contributed by atoms with Gasteiger partial charge in [0.25, 0.3) is 0 Å². The minimum atomic E-state index is -3.70. The largest absolute Gasteiger partial charge is 0.243 e. The first kappa shape index (κ1) is 19.2. The van der Waals surface area contributed by atoms with Gasteiger partial charge in [-0.15, -0.1) is 0 Å². The molecule has 2 aromatic rings. The van der Waals surface area contributed by atoms with Crippen LogP contribution in [0.1, 0.15) is 34.2 Å². The van der Waals surface area contributed by atoms with E-state index in [1.807, 2.05) is 64.1 Å². The molecule has 0 heterocycles. The zero-order chi connectivity index (χ0) is 18.6. The third-order valence-electron chi connectivity index (χ3n) is 4.57. The fraction of sp³-hybridized carbons (Fsp3) is 0.350. The monoisotopic (exact) mass is 356 g/mol. The molecule has 4 nitrogen and oxygen atoms in total. The van der Waals surface area contributed by atoms with Crippen LogP contribution in [0.3, 0.4) is 0 Å². The van der Waals surface area contributed by atoms with Gasteiger partial charge in [0.05, 0.1) is 11.0 Å². The molecule has 2 rings (SSSR count). The van der Waals surface area contributed by atoms with Crippen molar-refractivity contribution < 1.29 is 8.42 Å². The van der Waals surface area contributed by atoms with Crippen molar-refractivity contribution in [2.45, 2.75) is 45.6 Å². The Morgan fingerprint density at radius 3 is 2.08 bits per heavy atom. The Bertz CT molecular complexity index is 871. The van der Waals surface area contributed by atoms with E-state index in [0.717, 1.165) is 27.8 Å². The van der Waals surface area contributed by atoms with E-state index in [4.69, 9.17) is 5.26 Å². The van der Waals surface area contributed by atoms with Crippen molar-refractivity contribution in [1.29, 1.82) is 5.26 Å². The number of aryl methyl sites for hydroxylation is 2. The standard InChI is InChI=1S/C20H24N2O2S/c1-15-13-16(2)18(4)20(17(15)3)25(23,24)22(12-8-11-21)14-19-9-6-5-7-10-19/h5-7,9-10,13H,8,12,14H2,1-4H3. The van der Waals surface area contributed by atoms with Gasteiger partial charge in [0, 0.05) is 19.5 Å². The molecule has 0 N–H and O–H groups in total. The lowest BCUT2D eigenvalue weighted by atomic mass is 10.0. The van der Waals surface area contributed by atoms with E-state index in [1.54, 1.807) is 0 Å².